The summed E-state index contributed by atoms with van der Waals surface area (Å²) in [6, 6.07) is -0.833. The third-order valence-electron chi connectivity index (χ3n) is 9.43. The van der Waals surface area contributed by atoms with Crippen molar-refractivity contribution in [1.29, 1.82) is 0 Å². The Hall–Kier alpha value is -2.62. The number of hydrogen-bond acceptors (Lipinski definition) is 6. The van der Waals surface area contributed by atoms with E-state index in [0.29, 0.717) is 12.8 Å². The number of carbonyl (C=O) groups is 4. The van der Waals surface area contributed by atoms with Crippen molar-refractivity contribution in [2.24, 2.45) is 46.0 Å². The number of ether oxygens (including phenoxy) is 1. The zero-order valence-corrected chi connectivity index (χ0v) is 22.5. The number of allylic oxidation sites excluding steroid dienone is 4. The number of amides is 2. The first kappa shape index (κ1) is 29.9. The molecule has 3 fully saturated rings. The van der Waals surface area contributed by atoms with Crippen LogP contribution in [0.5, 0.6) is 0 Å². The molecule has 0 heterocycles. The van der Waals surface area contributed by atoms with Gasteiger partial charge >= 0.3 is 12.0 Å². The Balaban J connectivity index is 0.000000934. The third kappa shape index (κ3) is 4.92. The number of alkyl halides is 2. The van der Waals surface area contributed by atoms with Crippen LogP contribution in [0.2, 0.25) is 0 Å². The highest BCUT2D eigenvalue weighted by Crippen LogP contribution is 2.70. The Morgan fingerprint density at radius 1 is 1.18 bits per heavy atom. The first-order chi connectivity index (χ1) is 17.6. The van der Waals surface area contributed by atoms with Crippen LogP contribution in [0.25, 0.3) is 0 Å². The first-order valence-corrected chi connectivity index (χ1v) is 13.3. The van der Waals surface area contributed by atoms with Gasteiger partial charge in [0.15, 0.2) is 17.2 Å². The van der Waals surface area contributed by atoms with E-state index in [1.165, 1.54) is 18.2 Å². The minimum Gasteiger partial charge on any atom is -0.458 e. The maximum absolute atomic E-state index is 17.1. The van der Waals surface area contributed by atoms with E-state index in [9.17, 15) is 19.5 Å². The van der Waals surface area contributed by atoms with Gasteiger partial charge in [0.2, 0.25) is 0 Å². The molecule has 0 aromatic heterocycles. The number of fused-ring (bicyclic) bond motifs is 5. The van der Waals surface area contributed by atoms with Crippen molar-refractivity contribution < 1.29 is 37.8 Å². The fraction of sp³-hybridized carbons (Fsp3) is 0.714. The molecule has 2 unspecified atom stereocenters. The molecule has 38 heavy (non-hydrogen) atoms. The maximum Gasteiger partial charge on any atom is 0.309 e. The van der Waals surface area contributed by atoms with Gasteiger partial charge in [-0.05, 0) is 67.6 Å². The van der Waals surface area contributed by atoms with Gasteiger partial charge < -0.3 is 21.3 Å². The van der Waals surface area contributed by atoms with Gasteiger partial charge in [-0.1, -0.05) is 33.3 Å². The predicted molar refractivity (Wildman–Crippen MR) is 136 cm³/mol. The van der Waals surface area contributed by atoms with Gasteiger partial charge in [-0.25, -0.2) is 13.6 Å². The molecule has 8 nitrogen and oxygen atoms in total. The number of Topliss-reactive ketones (excluding diaryl/α,β-unsaturated/α-hetero) is 1. The van der Waals surface area contributed by atoms with Crippen molar-refractivity contribution in [3.8, 4) is 0 Å². The SMILES string of the molecule is CCCCC(=O)OCC(=O)[C@H]1[C@H](C)CC2C3C[C@H](F)C4=CC(=O)C=C[C@]4(C)[C@@]3(F)[C@@H](O)C[C@]21C.NC(N)=O. The molecule has 0 saturated heterocycles. The number of hydrogen-bond donors (Lipinski definition) is 3. The normalized spacial score (nSPS) is 41.0. The van der Waals surface area contributed by atoms with Crippen LogP contribution in [0.15, 0.2) is 23.8 Å². The smallest absolute Gasteiger partial charge is 0.309 e. The van der Waals surface area contributed by atoms with Crippen molar-refractivity contribution in [2.45, 2.75) is 84.2 Å². The number of aliphatic hydroxyl groups excluding tert-OH is 1. The molecular formula is C28H40F2N2O6. The van der Waals surface area contributed by atoms with E-state index in [-0.39, 0.29) is 54.8 Å². The summed E-state index contributed by atoms with van der Waals surface area (Å²) in [7, 11) is 0. The van der Waals surface area contributed by atoms with Gasteiger partial charge in [0.05, 0.1) is 6.10 Å². The van der Waals surface area contributed by atoms with Crippen LogP contribution >= 0.6 is 0 Å². The van der Waals surface area contributed by atoms with E-state index in [0.717, 1.165) is 6.42 Å². The van der Waals surface area contributed by atoms with Gasteiger partial charge in [0.1, 0.15) is 12.8 Å². The number of carbonyl (C=O) groups excluding carboxylic acids is 4. The number of primary amides is 2. The van der Waals surface area contributed by atoms with E-state index in [1.807, 2.05) is 20.8 Å². The van der Waals surface area contributed by atoms with Gasteiger partial charge in [-0.15, -0.1) is 0 Å². The van der Waals surface area contributed by atoms with Gasteiger partial charge in [-0.3, -0.25) is 14.4 Å². The molecule has 0 radical (unpaired) electrons. The maximum atomic E-state index is 17.1. The molecule has 0 aromatic carbocycles. The van der Waals surface area contributed by atoms with Gasteiger partial charge in [-0.2, -0.15) is 0 Å². The Labute approximate surface area is 222 Å². The molecule has 4 aliphatic carbocycles. The number of halogens is 2. The predicted octanol–water partition coefficient (Wildman–Crippen LogP) is 3.49. The van der Waals surface area contributed by atoms with Crippen LogP contribution in [0.4, 0.5) is 13.6 Å². The van der Waals surface area contributed by atoms with Gasteiger partial charge in [0.25, 0.3) is 0 Å². The largest absolute Gasteiger partial charge is 0.458 e. The fourth-order valence-electron chi connectivity index (χ4n) is 7.89. The zero-order chi connectivity index (χ0) is 28.6. The molecule has 3 saturated carbocycles. The summed E-state index contributed by atoms with van der Waals surface area (Å²) < 4.78 is 37.7. The zero-order valence-electron chi connectivity index (χ0n) is 22.5. The quantitative estimate of drug-likeness (QED) is 0.441. The highest BCUT2D eigenvalue weighted by Gasteiger charge is 2.73. The second-order valence-corrected chi connectivity index (χ2v) is 11.8. The number of nitrogens with two attached hydrogens (primary N) is 2. The average molecular weight is 539 g/mol. The molecule has 9 atom stereocenters. The molecule has 0 bridgehead atoms. The summed E-state index contributed by atoms with van der Waals surface area (Å²) in [4.78, 5) is 46.1. The molecule has 0 aliphatic heterocycles. The van der Waals surface area contributed by atoms with Crippen LogP contribution < -0.4 is 11.5 Å². The first-order valence-electron chi connectivity index (χ1n) is 13.3. The van der Waals surface area contributed by atoms with Crippen molar-refractivity contribution in [3.05, 3.63) is 23.8 Å². The second-order valence-electron chi connectivity index (χ2n) is 11.8. The van der Waals surface area contributed by atoms with E-state index in [1.54, 1.807) is 6.92 Å². The van der Waals surface area contributed by atoms with Crippen LogP contribution in [0.3, 0.4) is 0 Å². The lowest BCUT2D eigenvalue weighted by molar-refractivity contribution is -0.202. The number of urea groups is 1. The lowest BCUT2D eigenvalue weighted by Gasteiger charge is -2.62. The Morgan fingerprint density at radius 2 is 1.82 bits per heavy atom. The molecule has 0 aromatic rings. The van der Waals surface area contributed by atoms with Gasteiger partial charge in [0, 0.05) is 23.7 Å². The summed E-state index contributed by atoms with van der Waals surface area (Å²) in [5.41, 5.74) is 4.29. The molecule has 5 N–H and O–H groups in total. The summed E-state index contributed by atoms with van der Waals surface area (Å²) >= 11 is 0. The number of esters is 1. The fourth-order valence-corrected chi connectivity index (χ4v) is 7.89. The molecular weight excluding hydrogens is 498 g/mol. The average Bonchev–Trinajstić information content (AvgIpc) is 3.08. The number of aliphatic hydroxyl groups is 1. The monoisotopic (exact) mass is 538 g/mol. The highest BCUT2D eigenvalue weighted by atomic mass is 19.1. The summed E-state index contributed by atoms with van der Waals surface area (Å²) in [6.07, 6.45) is 3.20. The number of rotatable bonds is 6. The number of ketones is 2. The Bertz CT molecular complexity index is 1040. The number of unbranched alkanes of at least 4 members (excludes halogenated alkanes) is 1. The Morgan fingerprint density at radius 3 is 2.42 bits per heavy atom. The van der Waals surface area contributed by atoms with Crippen molar-refractivity contribution >= 4 is 23.6 Å². The Kier molecular flexibility index (Phi) is 8.56. The minimum absolute atomic E-state index is 0.0524. The lowest BCUT2D eigenvalue weighted by Crippen LogP contribution is -2.68. The van der Waals surface area contributed by atoms with Crippen LogP contribution in [0.1, 0.15) is 66.2 Å². The molecule has 4 rings (SSSR count). The molecule has 10 heteroatoms. The molecule has 0 spiro atoms. The van der Waals surface area contributed by atoms with Crippen molar-refractivity contribution in [1.82, 2.24) is 0 Å². The van der Waals surface area contributed by atoms with E-state index in [4.69, 9.17) is 9.53 Å². The summed E-state index contributed by atoms with van der Waals surface area (Å²) in [5, 5.41) is 11.3. The molecule has 4 aliphatic rings. The summed E-state index contributed by atoms with van der Waals surface area (Å²) in [5.74, 6) is -2.75. The topological polar surface area (TPSA) is 150 Å². The molecule has 2 amide bonds. The van der Waals surface area contributed by atoms with Crippen molar-refractivity contribution in [2.75, 3.05) is 6.61 Å². The third-order valence-corrected chi connectivity index (χ3v) is 9.43. The highest BCUT2D eigenvalue weighted by molar-refractivity contribution is 6.01. The minimum atomic E-state index is -2.15. The van der Waals surface area contributed by atoms with E-state index >= 15 is 8.78 Å². The second kappa shape index (κ2) is 10.9. The summed E-state index contributed by atoms with van der Waals surface area (Å²) in [6.45, 7) is 7.03. The molecule has 212 valence electrons. The van der Waals surface area contributed by atoms with Crippen LogP contribution in [0, 0.1) is 34.5 Å². The van der Waals surface area contributed by atoms with Crippen LogP contribution in [-0.4, -0.2) is 53.2 Å². The lowest BCUT2D eigenvalue weighted by atomic mass is 9.45. The standard InChI is InChI=1S/C27H36F2O5.CH4N2O/c1-5-6-7-23(33)34-14-21(31)24-15(2)10-17-18-12-20(28)19-11-16(30)8-9-26(19,4)27(18,29)22(32)13-25(17,24)3;2-1(3)4/h8-9,11,15,17-18,20,22,24,32H,5-7,10,12-14H2,1-4H3;(H4,2,3,4)/t15-,17?,18?,20+,22+,24-,25-,26+,27+;/m1./s1. The van der Waals surface area contributed by atoms with E-state index < -0.39 is 52.6 Å². The van der Waals surface area contributed by atoms with Crippen molar-refractivity contribution in [3.63, 3.8) is 0 Å². The van der Waals surface area contributed by atoms with Crippen LogP contribution in [-0.2, 0) is 19.1 Å². The van der Waals surface area contributed by atoms with E-state index in [2.05, 4.69) is 11.5 Å².